The number of anilines is 1. The van der Waals surface area contributed by atoms with Crippen molar-refractivity contribution in [1.29, 1.82) is 0 Å². The predicted octanol–water partition coefficient (Wildman–Crippen LogP) is 7.07. The van der Waals surface area contributed by atoms with Gasteiger partial charge in [-0.3, -0.25) is 13.9 Å². The topological polar surface area (TPSA) is 86.8 Å². The highest BCUT2D eigenvalue weighted by atomic mass is 35.5. The lowest BCUT2D eigenvalue weighted by atomic mass is 9.94. The van der Waals surface area contributed by atoms with Gasteiger partial charge in [0.25, 0.3) is 10.0 Å². The van der Waals surface area contributed by atoms with E-state index in [1.807, 2.05) is 37.3 Å². The molecule has 0 radical (unpaired) electrons. The zero-order valence-corrected chi connectivity index (χ0v) is 27.9. The molecule has 1 fully saturated rings. The number of carbonyl (C=O) groups is 2. The summed E-state index contributed by atoms with van der Waals surface area (Å²) in [6.45, 7) is 1.25. The number of nitrogens with one attached hydrogen (secondary N) is 1. The maximum atomic E-state index is 14.6. The summed E-state index contributed by atoms with van der Waals surface area (Å²) in [6, 6.07) is 26.8. The van der Waals surface area contributed by atoms with E-state index >= 15 is 0 Å². The van der Waals surface area contributed by atoms with Gasteiger partial charge in [-0.05, 0) is 73.4 Å². The van der Waals surface area contributed by atoms with Crippen molar-refractivity contribution in [3.63, 3.8) is 0 Å². The highest BCUT2D eigenvalue weighted by Crippen LogP contribution is 2.27. The van der Waals surface area contributed by atoms with E-state index in [1.54, 1.807) is 48.5 Å². The molecule has 2 amide bonds. The first-order valence-corrected chi connectivity index (χ1v) is 17.7. The molecule has 1 saturated carbocycles. The number of hydrogen-bond donors (Lipinski definition) is 1. The lowest BCUT2D eigenvalue weighted by Gasteiger charge is -2.35. The second kappa shape index (κ2) is 15.6. The number of benzene rings is 4. The Balaban J connectivity index is 1.56. The van der Waals surface area contributed by atoms with Gasteiger partial charge in [-0.1, -0.05) is 97.1 Å². The molecular formula is C37H39ClFN3O4S. The quantitative estimate of drug-likeness (QED) is 0.174. The summed E-state index contributed by atoms with van der Waals surface area (Å²) >= 11 is 6.58. The third-order valence-corrected chi connectivity index (χ3v) is 10.7. The van der Waals surface area contributed by atoms with E-state index in [0.717, 1.165) is 59.7 Å². The maximum Gasteiger partial charge on any atom is 0.264 e. The summed E-state index contributed by atoms with van der Waals surface area (Å²) in [4.78, 5) is 30.1. The Morgan fingerprint density at radius 1 is 0.872 bits per heavy atom. The van der Waals surface area contributed by atoms with E-state index < -0.39 is 34.3 Å². The van der Waals surface area contributed by atoms with Crippen molar-refractivity contribution in [1.82, 2.24) is 10.2 Å². The summed E-state index contributed by atoms with van der Waals surface area (Å²) < 4.78 is 43.0. The van der Waals surface area contributed by atoms with Crippen LogP contribution in [0.2, 0.25) is 5.02 Å². The van der Waals surface area contributed by atoms with Gasteiger partial charge in [-0.2, -0.15) is 0 Å². The monoisotopic (exact) mass is 675 g/mol. The second-order valence-electron chi connectivity index (χ2n) is 12.0. The molecule has 0 bridgehead atoms. The Kier molecular flexibility index (Phi) is 11.3. The van der Waals surface area contributed by atoms with Gasteiger partial charge < -0.3 is 10.2 Å². The average molecular weight is 676 g/mol. The number of aryl methyl sites for hydroxylation is 1. The molecule has 1 aliphatic carbocycles. The molecule has 0 aromatic heterocycles. The van der Waals surface area contributed by atoms with Gasteiger partial charge in [0.05, 0.1) is 10.6 Å². The molecule has 47 heavy (non-hydrogen) atoms. The molecule has 0 aliphatic heterocycles. The van der Waals surface area contributed by atoms with Crippen molar-refractivity contribution < 1.29 is 22.4 Å². The first kappa shape index (κ1) is 34.1. The van der Waals surface area contributed by atoms with Crippen molar-refractivity contribution in [3.05, 3.63) is 131 Å². The Labute approximate surface area is 281 Å². The summed E-state index contributed by atoms with van der Waals surface area (Å²) in [5.41, 5.74) is 2.64. The smallest absolute Gasteiger partial charge is 0.264 e. The van der Waals surface area contributed by atoms with Crippen molar-refractivity contribution in [3.8, 4) is 0 Å². The third kappa shape index (κ3) is 8.78. The van der Waals surface area contributed by atoms with Crippen molar-refractivity contribution >= 4 is 39.1 Å². The van der Waals surface area contributed by atoms with Crippen LogP contribution in [0.25, 0.3) is 0 Å². The highest BCUT2D eigenvalue weighted by molar-refractivity contribution is 7.92. The summed E-state index contributed by atoms with van der Waals surface area (Å²) in [7, 11) is -4.33. The minimum atomic E-state index is -4.33. The molecule has 0 saturated heterocycles. The van der Waals surface area contributed by atoms with E-state index in [0.29, 0.717) is 10.6 Å². The fourth-order valence-electron chi connectivity index (χ4n) is 5.88. The number of rotatable bonds is 12. The van der Waals surface area contributed by atoms with Crippen LogP contribution in [-0.2, 0) is 32.6 Å². The van der Waals surface area contributed by atoms with Crippen LogP contribution in [0.4, 0.5) is 10.1 Å². The minimum Gasteiger partial charge on any atom is -0.352 e. The molecule has 1 unspecified atom stereocenters. The molecule has 10 heteroatoms. The van der Waals surface area contributed by atoms with Crippen LogP contribution >= 0.6 is 11.6 Å². The average Bonchev–Trinajstić information content (AvgIpc) is 3.07. The summed E-state index contributed by atoms with van der Waals surface area (Å²) in [6.07, 6.45) is 5.09. The largest absolute Gasteiger partial charge is 0.352 e. The highest BCUT2D eigenvalue weighted by Gasteiger charge is 2.35. The fraction of sp³-hybridized carbons (Fsp3) is 0.297. The number of nitrogens with zero attached hydrogens (tertiary/aromatic N) is 2. The molecule has 4 aromatic rings. The second-order valence-corrected chi connectivity index (χ2v) is 14.2. The molecule has 1 N–H and O–H groups in total. The standard InChI is InChI=1S/C37H39ClFN3O4S/c1-27-16-20-32(21-17-27)42(47(45,46)33-22-18-30(39)19-23-33)26-36(43)41(25-29-12-8-9-15-34(29)38)35(24-28-10-4-2-5-11-28)37(44)40-31-13-6-3-7-14-31/h2,4-5,8-12,15-23,31,35H,3,6-7,13-14,24-26H2,1H3,(H,40,44). The lowest BCUT2D eigenvalue weighted by molar-refractivity contribution is -0.140. The van der Waals surface area contributed by atoms with Crippen LogP contribution in [0.1, 0.15) is 48.8 Å². The van der Waals surface area contributed by atoms with Gasteiger partial charge in [0, 0.05) is 24.0 Å². The van der Waals surface area contributed by atoms with Crippen LogP contribution in [0, 0.1) is 12.7 Å². The van der Waals surface area contributed by atoms with E-state index in [-0.39, 0.29) is 35.5 Å². The van der Waals surface area contributed by atoms with Crippen LogP contribution in [0.3, 0.4) is 0 Å². The molecule has 1 aliphatic rings. The molecule has 1 atom stereocenters. The van der Waals surface area contributed by atoms with Crippen LogP contribution in [0.5, 0.6) is 0 Å². The van der Waals surface area contributed by atoms with Gasteiger partial charge in [-0.15, -0.1) is 0 Å². The minimum absolute atomic E-state index is 0.00491. The number of hydrogen-bond acceptors (Lipinski definition) is 4. The molecule has 5 rings (SSSR count). The predicted molar refractivity (Wildman–Crippen MR) is 183 cm³/mol. The van der Waals surface area contributed by atoms with Gasteiger partial charge in [0.15, 0.2) is 0 Å². The van der Waals surface area contributed by atoms with Crippen LogP contribution in [0.15, 0.2) is 108 Å². The Bertz CT molecular complexity index is 1760. The van der Waals surface area contributed by atoms with Gasteiger partial charge in [0.1, 0.15) is 18.4 Å². The van der Waals surface area contributed by atoms with Gasteiger partial charge in [0.2, 0.25) is 11.8 Å². The molecule has 0 spiro atoms. The normalized spacial score (nSPS) is 14.3. The summed E-state index contributed by atoms with van der Waals surface area (Å²) in [5, 5.41) is 3.62. The van der Waals surface area contributed by atoms with Gasteiger partial charge in [-0.25, -0.2) is 12.8 Å². The number of amides is 2. The molecule has 7 nitrogen and oxygen atoms in total. The molecule has 246 valence electrons. The first-order chi connectivity index (χ1) is 22.6. The van der Waals surface area contributed by atoms with Crippen molar-refractivity contribution in [2.24, 2.45) is 0 Å². The maximum absolute atomic E-state index is 14.6. The van der Waals surface area contributed by atoms with E-state index in [2.05, 4.69) is 5.32 Å². The Morgan fingerprint density at radius 3 is 2.17 bits per heavy atom. The SMILES string of the molecule is Cc1ccc(N(CC(=O)N(Cc2ccccc2Cl)C(Cc2ccccc2)C(=O)NC2CCCCC2)S(=O)(=O)c2ccc(F)cc2)cc1. The van der Waals surface area contributed by atoms with E-state index in [1.165, 1.54) is 17.0 Å². The number of carbonyl (C=O) groups excluding carboxylic acids is 2. The first-order valence-electron chi connectivity index (χ1n) is 15.8. The fourth-order valence-corrected chi connectivity index (χ4v) is 7.49. The summed E-state index contributed by atoms with van der Waals surface area (Å²) in [5.74, 6) is -1.47. The number of sulfonamides is 1. The van der Waals surface area contributed by atoms with Crippen LogP contribution in [-0.4, -0.2) is 43.8 Å². The third-order valence-electron chi connectivity index (χ3n) is 8.52. The zero-order valence-electron chi connectivity index (χ0n) is 26.3. The molecule has 4 aromatic carbocycles. The van der Waals surface area contributed by atoms with Crippen LogP contribution < -0.4 is 9.62 Å². The van der Waals surface area contributed by atoms with Gasteiger partial charge >= 0.3 is 0 Å². The Morgan fingerprint density at radius 2 is 1.51 bits per heavy atom. The zero-order chi connectivity index (χ0) is 33.4. The Hall–Kier alpha value is -4.21. The molecular weight excluding hydrogens is 637 g/mol. The van der Waals surface area contributed by atoms with E-state index in [9.17, 15) is 22.4 Å². The van der Waals surface area contributed by atoms with Crippen molar-refractivity contribution in [2.45, 2.75) is 69.0 Å². The molecule has 0 heterocycles. The van der Waals surface area contributed by atoms with E-state index in [4.69, 9.17) is 11.6 Å². The number of halogens is 2. The lowest BCUT2D eigenvalue weighted by Crippen LogP contribution is -2.55. The van der Waals surface area contributed by atoms with Crippen molar-refractivity contribution in [2.75, 3.05) is 10.8 Å².